The monoisotopic (exact) mass is 378 g/mol. The minimum atomic E-state index is -1.16. The molecule has 2 aromatic rings. The average Bonchev–Trinajstić information content (AvgIpc) is 3.17. The van der Waals surface area contributed by atoms with Gasteiger partial charge in [-0.05, 0) is 24.1 Å². The Morgan fingerprint density at radius 1 is 1.04 bits per heavy atom. The van der Waals surface area contributed by atoms with Gasteiger partial charge in [0.2, 0.25) is 0 Å². The van der Waals surface area contributed by atoms with Crippen LogP contribution < -0.4 is 15.4 Å². The van der Waals surface area contributed by atoms with E-state index in [9.17, 15) is 14.4 Å². The fourth-order valence-electron chi connectivity index (χ4n) is 3.68. The average molecular weight is 378 g/mol. The van der Waals surface area contributed by atoms with Crippen LogP contribution in [0.15, 0.2) is 60.7 Å². The van der Waals surface area contributed by atoms with Crippen LogP contribution in [0.2, 0.25) is 0 Å². The molecule has 1 heterocycles. The molecule has 0 aromatic heterocycles. The zero-order valence-electron chi connectivity index (χ0n) is 14.8. The van der Waals surface area contributed by atoms with Crippen LogP contribution in [0.5, 0.6) is 5.75 Å². The van der Waals surface area contributed by atoms with Gasteiger partial charge in [0.05, 0.1) is 17.2 Å². The number of fused-ring (bicyclic) bond motifs is 1. The first kappa shape index (κ1) is 17.8. The largest absolute Gasteiger partial charge is 0.486 e. The normalized spacial score (nSPS) is 22.6. The Bertz CT molecular complexity index is 970. The summed E-state index contributed by atoms with van der Waals surface area (Å²) in [5.41, 5.74) is 1.54. The zero-order valence-corrected chi connectivity index (χ0v) is 14.8. The van der Waals surface area contributed by atoms with Crippen molar-refractivity contribution in [3.63, 3.8) is 0 Å². The molecule has 2 aromatic carbocycles. The SMILES string of the molecule is O=C(O)N[C@H]1C=C[C@@H](Cc2ccccc2)C1Oc1cccc2c1C(=O)NC2=O. The zero-order chi connectivity index (χ0) is 19.7. The van der Waals surface area contributed by atoms with Crippen molar-refractivity contribution in [3.8, 4) is 5.75 Å². The Labute approximate surface area is 161 Å². The number of carbonyl (C=O) groups is 3. The van der Waals surface area contributed by atoms with Crippen LogP contribution in [0, 0.1) is 5.92 Å². The molecule has 0 bridgehead atoms. The Kier molecular flexibility index (Phi) is 4.57. The molecular weight excluding hydrogens is 360 g/mol. The molecule has 7 nitrogen and oxygen atoms in total. The van der Waals surface area contributed by atoms with Gasteiger partial charge in [-0.3, -0.25) is 14.9 Å². The van der Waals surface area contributed by atoms with E-state index in [-0.39, 0.29) is 22.8 Å². The third-order valence-corrected chi connectivity index (χ3v) is 4.93. The highest BCUT2D eigenvalue weighted by Crippen LogP contribution is 2.32. The smallest absolute Gasteiger partial charge is 0.405 e. The van der Waals surface area contributed by atoms with E-state index in [2.05, 4.69) is 10.6 Å². The molecule has 1 aliphatic heterocycles. The summed E-state index contributed by atoms with van der Waals surface area (Å²) in [7, 11) is 0. The number of amides is 3. The van der Waals surface area contributed by atoms with Crippen molar-refractivity contribution in [2.45, 2.75) is 18.6 Å². The minimum absolute atomic E-state index is 0.102. The highest BCUT2D eigenvalue weighted by atomic mass is 16.5. The first-order valence-electron chi connectivity index (χ1n) is 8.90. The van der Waals surface area contributed by atoms with Gasteiger partial charge in [-0.2, -0.15) is 0 Å². The van der Waals surface area contributed by atoms with Gasteiger partial charge in [0, 0.05) is 5.92 Å². The predicted octanol–water partition coefficient (Wildman–Crippen LogP) is 2.38. The van der Waals surface area contributed by atoms with E-state index in [1.165, 1.54) is 0 Å². The predicted molar refractivity (Wildman–Crippen MR) is 100 cm³/mol. The van der Waals surface area contributed by atoms with E-state index in [1.54, 1.807) is 24.3 Å². The third-order valence-electron chi connectivity index (χ3n) is 4.93. The topological polar surface area (TPSA) is 105 Å². The molecule has 0 saturated carbocycles. The lowest BCUT2D eigenvalue weighted by Gasteiger charge is -2.27. The Morgan fingerprint density at radius 2 is 1.82 bits per heavy atom. The summed E-state index contributed by atoms with van der Waals surface area (Å²) in [5.74, 6) is -0.806. The van der Waals surface area contributed by atoms with Gasteiger partial charge in [-0.15, -0.1) is 0 Å². The van der Waals surface area contributed by atoms with Crippen LogP contribution in [-0.4, -0.2) is 35.2 Å². The minimum Gasteiger partial charge on any atom is -0.486 e. The molecular formula is C21H18N2O5. The highest BCUT2D eigenvalue weighted by molar-refractivity contribution is 6.22. The number of carboxylic acid groups (broad SMARTS) is 1. The maximum Gasteiger partial charge on any atom is 0.405 e. The summed E-state index contributed by atoms with van der Waals surface area (Å²) in [6, 6.07) is 14.1. The van der Waals surface area contributed by atoms with Crippen molar-refractivity contribution in [1.29, 1.82) is 0 Å². The van der Waals surface area contributed by atoms with E-state index in [1.807, 2.05) is 36.4 Å². The molecule has 4 rings (SSSR count). The standard InChI is InChI=1S/C21H18N2O5/c24-19-14-7-4-8-16(17(14)20(25)23-19)28-18-13(9-10-15(18)22-21(26)27)11-12-5-2-1-3-6-12/h1-10,13,15,18,22H,11H2,(H,26,27)(H,23,24,25)/t13-,15-,18?/m0/s1. The van der Waals surface area contributed by atoms with Crippen LogP contribution in [0.25, 0.3) is 0 Å². The number of ether oxygens (including phenoxy) is 1. The molecule has 142 valence electrons. The van der Waals surface area contributed by atoms with E-state index < -0.39 is 30.1 Å². The molecule has 0 radical (unpaired) electrons. The molecule has 3 amide bonds. The molecule has 2 aliphatic rings. The highest BCUT2D eigenvalue weighted by Gasteiger charge is 2.37. The molecule has 0 spiro atoms. The molecule has 0 fully saturated rings. The van der Waals surface area contributed by atoms with E-state index in [0.717, 1.165) is 5.56 Å². The summed E-state index contributed by atoms with van der Waals surface area (Å²) in [6.45, 7) is 0. The number of rotatable bonds is 5. The number of hydrogen-bond donors (Lipinski definition) is 3. The number of hydrogen-bond acceptors (Lipinski definition) is 4. The van der Waals surface area contributed by atoms with Crippen LogP contribution in [0.4, 0.5) is 4.79 Å². The Balaban J connectivity index is 1.63. The van der Waals surface area contributed by atoms with Crippen LogP contribution in [0.3, 0.4) is 0 Å². The van der Waals surface area contributed by atoms with Gasteiger partial charge >= 0.3 is 6.09 Å². The Morgan fingerprint density at radius 3 is 2.57 bits per heavy atom. The van der Waals surface area contributed by atoms with Crippen LogP contribution >= 0.6 is 0 Å². The molecule has 28 heavy (non-hydrogen) atoms. The van der Waals surface area contributed by atoms with Gasteiger partial charge in [0.15, 0.2) is 0 Å². The Hall–Kier alpha value is -3.61. The molecule has 7 heteroatoms. The first-order valence-corrected chi connectivity index (χ1v) is 8.90. The second-order valence-corrected chi connectivity index (χ2v) is 6.76. The van der Waals surface area contributed by atoms with Crippen LogP contribution in [-0.2, 0) is 6.42 Å². The first-order chi connectivity index (χ1) is 13.5. The lowest BCUT2D eigenvalue weighted by Crippen LogP contribution is -2.45. The van der Waals surface area contributed by atoms with Gasteiger partial charge in [-0.25, -0.2) is 4.79 Å². The van der Waals surface area contributed by atoms with Crippen LogP contribution in [0.1, 0.15) is 26.3 Å². The number of benzene rings is 2. The van der Waals surface area contributed by atoms with E-state index >= 15 is 0 Å². The van der Waals surface area contributed by atoms with Gasteiger partial charge < -0.3 is 15.2 Å². The quantitative estimate of drug-likeness (QED) is 0.547. The van der Waals surface area contributed by atoms with Crippen molar-refractivity contribution in [2.75, 3.05) is 0 Å². The second kappa shape index (κ2) is 7.19. The molecule has 3 atom stereocenters. The molecule has 1 unspecified atom stereocenters. The van der Waals surface area contributed by atoms with Crippen molar-refractivity contribution < 1.29 is 24.2 Å². The maximum absolute atomic E-state index is 12.2. The third kappa shape index (κ3) is 3.34. The lowest BCUT2D eigenvalue weighted by molar-refractivity contribution is 0.0874. The summed E-state index contributed by atoms with van der Waals surface area (Å²) in [6.07, 6.45) is 2.63. The maximum atomic E-state index is 12.2. The van der Waals surface area contributed by atoms with Gasteiger partial charge in [0.1, 0.15) is 11.9 Å². The van der Waals surface area contributed by atoms with Crippen molar-refractivity contribution in [1.82, 2.24) is 10.6 Å². The molecule has 0 saturated heterocycles. The molecule has 3 N–H and O–H groups in total. The fourth-order valence-corrected chi connectivity index (χ4v) is 3.68. The number of carbonyl (C=O) groups excluding carboxylic acids is 2. The summed E-state index contributed by atoms with van der Waals surface area (Å²) in [4.78, 5) is 35.2. The van der Waals surface area contributed by atoms with Crippen molar-refractivity contribution in [3.05, 3.63) is 77.4 Å². The van der Waals surface area contributed by atoms with E-state index in [4.69, 9.17) is 9.84 Å². The van der Waals surface area contributed by atoms with Crippen molar-refractivity contribution in [2.24, 2.45) is 5.92 Å². The van der Waals surface area contributed by atoms with Gasteiger partial charge in [-0.1, -0.05) is 48.6 Å². The van der Waals surface area contributed by atoms with Gasteiger partial charge in [0.25, 0.3) is 11.8 Å². The second-order valence-electron chi connectivity index (χ2n) is 6.76. The summed E-state index contributed by atoms with van der Waals surface area (Å²) in [5, 5.41) is 13.9. The lowest BCUT2D eigenvalue weighted by atomic mass is 9.95. The number of nitrogens with one attached hydrogen (secondary N) is 2. The molecule has 1 aliphatic carbocycles. The van der Waals surface area contributed by atoms with E-state index in [0.29, 0.717) is 6.42 Å². The summed E-state index contributed by atoms with van der Waals surface area (Å²) >= 11 is 0. The number of imide groups is 1. The summed E-state index contributed by atoms with van der Waals surface area (Å²) < 4.78 is 6.13. The fraction of sp³-hybridized carbons (Fsp3) is 0.190. The van der Waals surface area contributed by atoms with Crippen molar-refractivity contribution >= 4 is 17.9 Å².